The van der Waals surface area contributed by atoms with Gasteiger partial charge in [-0.25, -0.2) is 4.79 Å². The number of likely N-dealkylation sites (tertiary alicyclic amines) is 1. The van der Waals surface area contributed by atoms with Crippen LogP contribution in [0.5, 0.6) is 0 Å². The molecule has 1 aliphatic heterocycles. The summed E-state index contributed by atoms with van der Waals surface area (Å²) < 4.78 is 8.14. The number of carboxylic acid groups (broad SMARTS) is 1. The van der Waals surface area contributed by atoms with Gasteiger partial charge < -0.3 is 19.3 Å². The third-order valence-electron chi connectivity index (χ3n) is 7.59. The molecule has 0 radical (unpaired) electrons. The molecule has 5 aromatic rings. The van der Waals surface area contributed by atoms with Crippen LogP contribution in [0.1, 0.15) is 27.9 Å². The molecule has 0 spiro atoms. The maximum Gasteiger partial charge on any atom is 0.326 e. The minimum Gasteiger partial charge on any atom is -0.480 e. The number of nitrogens with zero attached hydrogens (tertiary/aromatic N) is 2. The van der Waals surface area contributed by atoms with Crippen LogP contribution >= 0.6 is 0 Å². The molecule has 0 saturated carbocycles. The van der Waals surface area contributed by atoms with Crippen molar-refractivity contribution in [3.8, 4) is 16.8 Å². The summed E-state index contributed by atoms with van der Waals surface area (Å²) in [6, 6.07) is 33.1. The van der Waals surface area contributed by atoms with E-state index in [4.69, 9.17) is 4.74 Å². The van der Waals surface area contributed by atoms with Crippen LogP contribution in [-0.4, -0.2) is 45.1 Å². The van der Waals surface area contributed by atoms with Gasteiger partial charge >= 0.3 is 5.97 Å². The van der Waals surface area contributed by atoms with E-state index in [9.17, 15) is 14.7 Å². The van der Waals surface area contributed by atoms with Crippen molar-refractivity contribution < 1.29 is 19.4 Å². The number of aromatic nitrogens is 1. The number of aryl methyl sites for hydroxylation is 1. The van der Waals surface area contributed by atoms with Crippen LogP contribution in [0.4, 0.5) is 0 Å². The molecule has 2 heterocycles. The van der Waals surface area contributed by atoms with Crippen LogP contribution in [-0.2, 0) is 16.1 Å². The molecule has 6 nitrogen and oxygen atoms in total. The first-order valence-electron chi connectivity index (χ1n) is 13.4. The molecule has 2 atom stereocenters. The monoisotopic (exact) mass is 530 g/mol. The second-order valence-electron chi connectivity index (χ2n) is 10.3. The number of hydrogen-bond acceptors (Lipinski definition) is 3. The molecule has 1 N–H and O–H groups in total. The molecule has 1 unspecified atom stereocenters. The highest BCUT2D eigenvalue weighted by Gasteiger charge is 2.40. The van der Waals surface area contributed by atoms with Crippen LogP contribution in [0.15, 0.2) is 109 Å². The number of carbonyl (C=O) groups excluding carboxylic acids is 1. The topological polar surface area (TPSA) is 71.8 Å². The number of amides is 1. The van der Waals surface area contributed by atoms with Gasteiger partial charge in [0.05, 0.1) is 18.2 Å². The maximum atomic E-state index is 13.3. The molecule has 4 aromatic carbocycles. The summed E-state index contributed by atoms with van der Waals surface area (Å²) in [5.74, 6) is -1.31. The van der Waals surface area contributed by atoms with Gasteiger partial charge in [-0.3, -0.25) is 4.79 Å². The Balaban J connectivity index is 1.15. The molecule has 200 valence electrons. The predicted molar refractivity (Wildman–Crippen MR) is 156 cm³/mol. The van der Waals surface area contributed by atoms with E-state index in [0.717, 1.165) is 27.9 Å². The molecule has 1 aromatic heterocycles. The van der Waals surface area contributed by atoms with E-state index in [2.05, 4.69) is 66.2 Å². The number of benzene rings is 4. The maximum absolute atomic E-state index is 13.3. The number of ether oxygens (including phenoxy) is 1. The molecular formula is C34H30N2O4. The largest absolute Gasteiger partial charge is 0.480 e. The fourth-order valence-electron chi connectivity index (χ4n) is 5.44. The molecule has 1 saturated heterocycles. The molecule has 6 heteroatoms. The molecule has 1 amide bonds. The van der Waals surface area contributed by atoms with Crippen molar-refractivity contribution in [2.45, 2.75) is 32.1 Å². The number of carboxylic acids is 1. The lowest BCUT2D eigenvalue weighted by Crippen LogP contribution is -2.40. The summed E-state index contributed by atoms with van der Waals surface area (Å²) >= 11 is 0. The van der Waals surface area contributed by atoms with Gasteiger partial charge in [-0.1, -0.05) is 66.2 Å². The smallest absolute Gasteiger partial charge is 0.326 e. The average molecular weight is 531 g/mol. The zero-order chi connectivity index (χ0) is 27.6. The van der Waals surface area contributed by atoms with E-state index in [0.29, 0.717) is 12.2 Å². The van der Waals surface area contributed by atoms with Crippen molar-refractivity contribution in [2.24, 2.45) is 0 Å². The Morgan fingerprint density at radius 2 is 1.57 bits per heavy atom. The van der Waals surface area contributed by atoms with Crippen molar-refractivity contribution in [2.75, 3.05) is 6.54 Å². The Labute approximate surface area is 233 Å². The van der Waals surface area contributed by atoms with Crippen LogP contribution in [0.3, 0.4) is 0 Å². The summed E-state index contributed by atoms with van der Waals surface area (Å²) in [6.07, 6.45) is 2.03. The van der Waals surface area contributed by atoms with Crippen LogP contribution < -0.4 is 0 Å². The summed E-state index contributed by atoms with van der Waals surface area (Å²) in [5.41, 5.74) is 6.97. The van der Waals surface area contributed by atoms with E-state index < -0.39 is 12.0 Å². The number of hydrogen-bond donors (Lipinski definition) is 1. The molecule has 40 heavy (non-hydrogen) atoms. The Kier molecular flexibility index (Phi) is 6.93. The van der Waals surface area contributed by atoms with Crippen molar-refractivity contribution in [1.29, 1.82) is 0 Å². The lowest BCUT2D eigenvalue weighted by Gasteiger charge is -2.21. The first kappa shape index (κ1) is 25.6. The highest BCUT2D eigenvalue weighted by atomic mass is 16.5. The average Bonchev–Trinajstić information content (AvgIpc) is 3.61. The first-order valence-corrected chi connectivity index (χ1v) is 13.4. The molecule has 0 bridgehead atoms. The third kappa shape index (κ3) is 5.14. The minimum atomic E-state index is -1.01. The van der Waals surface area contributed by atoms with Gasteiger partial charge in [0.15, 0.2) is 0 Å². The fraction of sp³-hybridized carbons (Fsp3) is 0.176. The van der Waals surface area contributed by atoms with Crippen molar-refractivity contribution in [3.63, 3.8) is 0 Å². The van der Waals surface area contributed by atoms with Crippen molar-refractivity contribution in [1.82, 2.24) is 9.47 Å². The second kappa shape index (κ2) is 10.8. The molecule has 0 aliphatic carbocycles. The van der Waals surface area contributed by atoms with Gasteiger partial charge in [0, 0.05) is 35.8 Å². The zero-order valence-electron chi connectivity index (χ0n) is 22.2. The zero-order valence-corrected chi connectivity index (χ0v) is 22.2. The van der Waals surface area contributed by atoms with Crippen molar-refractivity contribution >= 4 is 22.8 Å². The Bertz CT molecular complexity index is 1660. The van der Waals surface area contributed by atoms with E-state index >= 15 is 0 Å². The van der Waals surface area contributed by atoms with E-state index in [-0.39, 0.29) is 25.0 Å². The van der Waals surface area contributed by atoms with Gasteiger partial charge in [-0.2, -0.15) is 0 Å². The highest BCUT2D eigenvalue weighted by molar-refractivity contribution is 5.97. The van der Waals surface area contributed by atoms with Gasteiger partial charge in [0.25, 0.3) is 5.91 Å². The van der Waals surface area contributed by atoms with Crippen LogP contribution in [0.25, 0.3) is 27.7 Å². The summed E-state index contributed by atoms with van der Waals surface area (Å²) in [5, 5.41) is 11.0. The van der Waals surface area contributed by atoms with Crippen LogP contribution in [0, 0.1) is 6.92 Å². The Morgan fingerprint density at radius 1 is 0.875 bits per heavy atom. The van der Waals surface area contributed by atoms with E-state index in [1.807, 2.05) is 42.5 Å². The van der Waals surface area contributed by atoms with Gasteiger partial charge in [-0.15, -0.1) is 0 Å². The minimum absolute atomic E-state index is 0.249. The number of rotatable bonds is 7. The number of carbonyl (C=O) groups is 2. The van der Waals surface area contributed by atoms with Gasteiger partial charge in [0.1, 0.15) is 6.04 Å². The van der Waals surface area contributed by atoms with E-state index in [1.54, 1.807) is 12.1 Å². The predicted octanol–water partition coefficient (Wildman–Crippen LogP) is 6.49. The molecule has 6 rings (SSSR count). The normalized spacial score (nSPS) is 16.9. The van der Waals surface area contributed by atoms with Crippen molar-refractivity contribution in [3.05, 3.63) is 126 Å². The first-order chi connectivity index (χ1) is 19.5. The number of fused-ring (bicyclic) bond motifs is 1. The SMILES string of the molecule is Cc1ccc2c(ccn2-c2ccc(-c3ccc(C(=O)N4CC(OCc5ccccc5)C[C@H]4C(=O)O)cc3)cc2)c1. The quantitative estimate of drug-likeness (QED) is 0.261. The Morgan fingerprint density at radius 3 is 2.27 bits per heavy atom. The lowest BCUT2D eigenvalue weighted by molar-refractivity contribution is -0.141. The summed E-state index contributed by atoms with van der Waals surface area (Å²) in [4.78, 5) is 26.7. The second-order valence-corrected chi connectivity index (χ2v) is 10.3. The van der Waals surface area contributed by atoms with Gasteiger partial charge in [0.2, 0.25) is 0 Å². The lowest BCUT2D eigenvalue weighted by atomic mass is 10.0. The fourth-order valence-corrected chi connectivity index (χ4v) is 5.44. The third-order valence-corrected chi connectivity index (χ3v) is 7.59. The molecule has 1 fully saturated rings. The standard InChI is InChI=1S/C34H30N2O4/c1-23-7-16-31-28(19-23)17-18-35(31)29-14-12-26(13-15-29)25-8-10-27(11-9-25)33(37)36-21-30(20-32(36)34(38)39)40-22-24-5-3-2-4-6-24/h2-19,30,32H,20-22H2,1H3,(H,38,39)/t30?,32-/m0/s1. The highest BCUT2D eigenvalue weighted by Crippen LogP contribution is 2.27. The van der Waals surface area contributed by atoms with Crippen LogP contribution in [0.2, 0.25) is 0 Å². The molecule has 1 aliphatic rings. The van der Waals surface area contributed by atoms with E-state index in [1.165, 1.54) is 15.8 Å². The van der Waals surface area contributed by atoms with Gasteiger partial charge in [-0.05, 0) is 66.1 Å². The summed E-state index contributed by atoms with van der Waals surface area (Å²) in [6.45, 7) is 2.73. The molecular weight excluding hydrogens is 500 g/mol. The number of aliphatic carboxylic acids is 1. The Hall–Kier alpha value is -4.68. The summed E-state index contributed by atoms with van der Waals surface area (Å²) in [7, 11) is 0.